The first kappa shape index (κ1) is 15.5. The maximum absolute atomic E-state index is 12.2. The predicted molar refractivity (Wildman–Crippen MR) is 77.7 cm³/mol. The van der Waals surface area contributed by atoms with Crippen LogP contribution in [0.2, 0.25) is 0 Å². The maximum atomic E-state index is 12.2. The molecule has 1 heterocycles. The zero-order valence-electron chi connectivity index (χ0n) is 11.2. The van der Waals surface area contributed by atoms with Crippen molar-refractivity contribution in [2.75, 3.05) is 0 Å². The molecular weight excluding hydrogens is 298 g/mol. The van der Waals surface area contributed by atoms with Crippen LogP contribution in [0.4, 0.5) is 0 Å². The van der Waals surface area contributed by atoms with Crippen molar-refractivity contribution in [3.63, 3.8) is 0 Å². The van der Waals surface area contributed by atoms with Gasteiger partial charge in [-0.05, 0) is 25.0 Å². The first-order valence-electron chi connectivity index (χ1n) is 6.84. The monoisotopic (exact) mass is 317 g/mol. The van der Waals surface area contributed by atoms with Crippen molar-refractivity contribution in [2.45, 2.75) is 55.2 Å². The molecule has 0 radical (unpaired) electrons. The van der Waals surface area contributed by atoms with Crippen LogP contribution in [0.15, 0.2) is 16.3 Å². The molecule has 0 spiro atoms. The standard InChI is InChI=1S/C13H19NO4S2/c15-13(16)11-8-9-12(19-11)20(17,18)14-10-6-4-2-1-3-5-7-10/h8-10,14H,1-7H2,(H,15,16). The van der Waals surface area contributed by atoms with Gasteiger partial charge in [0.15, 0.2) is 0 Å². The summed E-state index contributed by atoms with van der Waals surface area (Å²) in [6.07, 6.45) is 7.33. The number of hydrogen-bond acceptors (Lipinski definition) is 4. The second-order valence-corrected chi connectivity index (χ2v) is 8.11. The molecule has 20 heavy (non-hydrogen) atoms. The number of aromatic carboxylic acids is 1. The molecule has 1 aliphatic carbocycles. The molecule has 0 amide bonds. The first-order chi connectivity index (χ1) is 9.49. The van der Waals surface area contributed by atoms with Crippen LogP contribution in [0.25, 0.3) is 0 Å². The molecule has 1 aromatic rings. The summed E-state index contributed by atoms with van der Waals surface area (Å²) in [6, 6.07) is 2.66. The highest BCUT2D eigenvalue weighted by Gasteiger charge is 2.23. The van der Waals surface area contributed by atoms with E-state index in [4.69, 9.17) is 5.11 Å². The molecule has 0 atom stereocenters. The van der Waals surface area contributed by atoms with E-state index < -0.39 is 16.0 Å². The molecular formula is C13H19NO4S2. The molecule has 2 N–H and O–H groups in total. The van der Waals surface area contributed by atoms with Crippen LogP contribution in [0.1, 0.15) is 54.6 Å². The molecule has 0 aliphatic heterocycles. The number of nitrogens with one attached hydrogen (secondary N) is 1. The smallest absolute Gasteiger partial charge is 0.345 e. The highest BCUT2D eigenvalue weighted by Crippen LogP contribution is 2.24. The average Bonchev–Trinajstić information content (AvgIpc) is 2.82. The lowest BCUT2D eigenvalue weighted by Crippen LogP contribution is -2.34. The van der Waals surface area contributed by atoms with Crippen molar-refractivity contribution < 1.29 is 18.3 Å². The predicted octanol–water partition coefficient (Wildman–Crippen LogP) is 2.84. The Labute approximate surface area is 123 Å². The third kappa shape index (κ3) is 4.04. The molecule has 1 aromatic heterocycles. The van der Waals surface area contributed by atoms with Gasteiger partial charge in [-0.2, -0.15) is 0 Å². The molecule has 0 aromatic carbocycles. The Balaban J connectivity index is 2.06. The second kappa shape index (κ2) is 6.69. The maximum Gasteiger partial charge on any atom is 0.345 e. The van der Waals surface area contributed by atoms with E-state index in [2.05, 4.69) is 4.72 Å². The van der Waals surface area contributed by atoms with E-state index in [0.717, 1.165) is 49.9 Å². The van der Waals surface area contributed by atoms with Crippen LogP contribution >= 0.6 is 11.3 Å². The van der Waals surface area contributed by atoms with Gasteiger partial charge in [0.05, 0.1) is 0 Å². The van der Waals surface area contributed by atoms with Gasteiger partial charge in [-0.15, -0.1) is 11.3 Å². The lowest BCUT2D eigenvalue weighted by Gasteiger charge is -2.20. The molecule has 1 saturated carbocycles. The summed E-state index contributed by atoms with van der Waals surface area (Å²) in [7, 11) is -3.60. The summed E-state index contributed by atoms with van der Waals surface area (Å²) in [5.74, 6) is -1.09. The fourth-order valence-electron chi connectivity index (χ4n) is 2.43. The van der Waals surface area contributed by atoms with Crippen LogP contribution < -0.4 is 4.72 Å². The van der Waals surface area contributed by atoms with Crippen LogP contribution in [0.3, 0.4) is 0 Å². The summed E-state index contributed by atoms with van der Waals surface area (Å²) in [5, 5.41) is 8.85. The Morgan fingerprint density at radius 3 is 2.30 bits per heavy atom. The highest BCUT2D eigenvalue weighted by molar-refractivity contribution is 7.91. The fourth-order valence-corrected chi connectivity index (χ4v) is 4.90. The van der Waals surface area contributed by atoms with Gasteiger partial charge < -0.3 is 5.11 Å². The fraction of sp³-hybridized carbons (Fsp3) is 0.615. The Morgan fingerprint density at radius 1 is 1.15 bits per heavy atom. The Hall–Kier alpha value is -0.920. The van der Waals surface area contributed by atoms with E-state index in [-0.39, 0.29) is 15.1 Å². The van der Waals surface area contributed by atoms with Gasteiger partial charge in [0.2, 0.25) is 10.0 Å². The normalized spacial score (nSPS) is 18.4. The summed E-state index contributed by atoms with van der Waals surface area (Å²) < 4.78 is 27.3. The summed E-state index contributed by atoms with van der Waals surface area (Å²) in [6.45, 7) is 0. The third-order valence-corrected chi connectivity index (χ3v) is 6.57. The molecule has 112 valence electrons. The third-order valence-electron chi connectivity index (χ3n) is 3.48. The number of carbonyl (C=O) groups is 1. The van der Waals surface area contributed by atoms with E-state index in [9.17, 15) is 13.2 Å². The molecule has 1 aliphatic rings. The van der Waals surface area contributed by atoms with E-state index in [1.807, 2.05) is 0 Å². The largest absolute Gasteiger partial charge is 0.477 e. The number of carboxylic acid groups (broad SMARTS) is 1. The molecule has 0 saturated heterocycles. The van der Waals surface area contributed by atoms with Gasteiger partial charge in [0.1, 0.15) is 9.09 Å². The second-order valence-electron chi connectivity index (χ2n) is 5.09. The van der Waals surface area contributed by atoms with Gasteiger partial charge in [0, 0.05) is 6.04 Å². The van der Waals surface area contributed by atoms with Crippen LogP contribution in [0, 0.1) is 0 Å². The Bertz CT molecular complexity index is 557. The topological polar surface area (TPSA) is 83.5 Å². The molecule has 2 rings (SSSR count). The molecule has 1 fully saturated rings. The van der Waals surface area contributed by atoms with Crippen molar-refractivity contribution in [3.8, 4) is 0 Å². The van der Waals surface area contributed by atoms with Crippen molar-refractivity contribution in [2.24, 2.45) is 0 Å². The zero-order chi connectivity index (χ0) is 14.6. The van der Waals surface area contributed by atoms with Crippen molar-refractivity contribution in [1.29, 1.82) is 0 Å². The number of rotatable bonds is 4. The van der Waals surface area contributed by atoms with Crippen molar-refractivity contribution in [1.82, 2.24) is 4.72 Å². The number of hydrogen-bond donors (Lipinski definition) is 2. The molecule has 0 unspecified atom stereocenters. The van der Waals surface area contributed by atoms with E-state index >= 15 is 0 Å². The minimum atomic E-state index is -3.60. The highest BCUT2D eigenvalue weighted by atomic mass is 32.2. The number of thiophene rings is 1. The molecule has 7 heteroatoms. The quantitative estimate of drug-likeness (QED) is 0.894. The van der Waals surface area contributed by atoms with Gasteiger partial charge in [0.25, 0.3) is 0 Å². The lowest BCUT2D eigenvalue weighted by molar-refractivity contribution is 0.0702. The average molecular weight is 317 g/mol. The number of sulfonamides is 1. The summed E-state index contributed by atoms with van der Waals surface area (Å²) in [5.41, 5.74) is 0. The minimum Gasteiger partial charge on any atom is -0.477 e. The van der Waals surface area contributed by atoms with Gasteiger partial charge in [-0.3, -0.25) is 0 Å². The van der Waals surface area contributed by atoms with Crippen LogP contribution in [-0.2, 0) is 10.0 Å². The van der Waals surface area contributed by atoms with E-state index in [1.165, 1.54) is 18.6 Å². The molecule has 5 nitrogen and oxygen atoms in total. The van der Waals surface area contributed by atoms with Gasteiger partial charge in [-0.25, -0.2) is 17.9 Å². The van der Waals surface area contributed by atoms with Crippen molar-refractivity contribution in [3.05, 3.63) is 17.0 Å². The molecule has 0 bridgehead atoms. The van der Waals surface area contributed by atoms with Gasteiger partial charge >= 0.3 is 5.97 Å². The minimum absolute atomic E-state index is 0.0318. The van der Waals surface area contributed by atoms with E-state index in [1.54, 1.807) is 0 Å². The summed E-state index contributed by atoms with van der Waals surface area (Å²) >= 11 is 0.796. The van der Waals surface area contributed by atoms with Crippen molar-refractivity contribution >= 4 is 27.3 Å². The lowest BCUT2D eigenvalue weighted by atomic mass is 9.97. The van der Waals surface area contributed by atoms with E-state index in [0.29, 0.717) is 0 Å². The zero-order valence-corrected chi connectivity index (χ0v) is 12.8. The first-order valence-corrected chi connectivity index (χ1v) is 9.14. The van der Waals surface area contributed by atoms with Gasteiger partial charge in [-0.1, -0.05) is 32.1 Å². The van der Waals surface area contributed by atoms with Crippen LogP contribution in [0.5, 0.6) is 0 Å². The Morgan fingerprint density at radius 2 is 1.75 bits per heavy atom. The summed E-state index contributed by atoms with van der Waals surface area (Å²) in [4.78, 5) is 10.9. The van der Waals surface area contributed by atoms with Crippen LogP contribution in [-0.4, -0.2) is 25.5 Å². The Kier molecular flexibility index (Phi) is 5.17. The number of carboxylic acids is 1. The SMILES string of the molecule is O=C(O)c1ccc(S(=O)(=O)NC2CCCCCCC2)s1.